The van der Waals surface area contributed by atoms with Gasteiger partial charge in [-0.2, -0.15) is 8.42 Å². The second-order valence-corrected chi connectivity index (χ2v) is 14.1. The van der Waals surface area contributed by atoms with Crippen molar-refractivity contribution >= 4 is 57.3 Å². The first-order valence-corrected chi connectivity index (χ1v) is 16.0. The van der Waals surface area contributed by atoms with E-state index in [1.807, 2.05) is 0 Å². The average Bonchev–Trinajstić information content (AvgIpc) is 3.19. The highest BCUT2D eigenvalue weighted by Gasteiger charge is 2.74. The normalized spacial score (nSPS) is 21.9. The van der Waals surface area contributed by atoms with Crippen molar-refractivity contribution in [2.24, 2.45) is 0 Å². The number of hydrogen-bond donors (Lipinski definition) is 2. The van der Waals surface area contributed by atoms with Gasteiger partial charge in [-0.1, -0.05) is 6.07 Å². The molecule has 2 heterocycles. The molecule has 17 nitrogen and oxygen atoms in total. The van der Waals surface area contributed by atoms with E-state index in [0.29, 0.717) is 5.56 Å². The van der Waals surface area contributed by atoms with Crippen molar-refractivity contribution in [3.8, 4) is 11.5 Å². The second-order valence-electron chi connectivity index (χ2n) is 10.8. The van der Waals surface area contributed by atoms with Crippen LogP contribution in [0, 0.1) is 10.1 Å². The average molecular weight is 696 g/mol. The van der Waals surface area contributed by atoms with Crippen LogP contribution < -0.4 is 14.8 Å². The van der Waals surface area contributed by atoms with Crippen LogP contribution in [0.25, 0.3) is 0 Å². The van der Waals surface area contributed by atoms with Crippen LogP contribution in [-0.2, 0) is 50.2 Å². The number of β-lactam (4-membered cyclic amide) rings is 1. The van der Waals surface area contributed by atoms with Gasteiger partial charge in [0, 0.05) is 33.1 Å². The van der Waals surface area contributed by atoms with Gasteiger partial charge < -0.3 is 24.3 Å². The lowest BCUT2D eigenvalue weighted by Crippen LogP contribution is -2.76. The fraction of sp³-hybridized carbons (Fsp3) is 0.393. The van der Waals surface area contributed by atoms with E-state index in [0.717, 1.165) is 48.7 Å². The predicted molar refractivity (Wildman–Crippen MR) is 160 cm³/mol. The largest absolute Gasteiger partial charge is 0.457 e. The van der Waals surface area contributed by atoms with Crippen molar-refractivity contribution in [1.82, 2.24) is 10.2 Å². The zero-order chi connectivity index (χ0) is 35.1. The molecule has 2 fully saturated rings. The number of nitro groups is 1. The van der Waals surface area contributed by atoms with Gasteiger partial charge in [-0.15, -0.1) is 11.8 Å². The molecule has 47 heavy (non-hydrogen) atoms. The summed E-state index contributed by atoms with van der Waals surface area (Å²) in [4.78, 5) is 74.8. The number of nitro benzene ring substituents is 1. The molecule has 0 radical (unpaired) electrons. The fourth-order valence-corrected chi connectivity index (χ4v) is 7.84. The molecule has 2 aromatic carbocycles. The number of hydrogen-bond acceptors (Lipinski definition) is 14. The first kappa shape index (κ1) is 35.3. The zero-order valence-corrected chi connectivity index (χ0v) is 27.1. The Hall–Kier alpha value is -4.59. The molecule has 0 aromatic heterocycles. The minimum atomic E-state index is -5.20. The monoisotopic (exact) mass is 695 g/mol. The second kappa shape index (κ2) is 12.9. The number of thioether (sulfide) groups is 1. The molecule has 2 saturated heterocycles. The number of nitrogens with zero attached hydrogens (tertiary/aromatic N) is 2. The smallest absolute Gasteiger partial charge is 0.361 e. The number of carbonyl (C=O) groups is 5. The number of non-ortho nitro benzene ring substituents is 1. The van der Waals surface area contributed by atoms with Gasteiger partial charge in [0.2, 0.25) is 5.91 Å². The third-order valence-electron chi connectivity index (χ3n) is 7.31. The van der Waals surface area contributed by atoms with Crippen LogP contribution in [0.15, 0.2) is 42.5 Å². The van der Waals surface area contributed by atoms with Gasteiger partial charge in [0.1, 0.15) is 18.0 Å². The molecule has 2 amide bonds. The van der Waals surface area contributed by atoms with Crippen molar-refractivity contribution < 1.29 is 60.8 Å². The molecule has 2 N–H and O–H groups in total. The number of rotatable bonds is 11. The van der Waals surface area contributed by atoms with E-state index in [4.69, 9.17) is 18.9 Å². The molecule has 0 saturated carbocycles. The van der Waals surface area contributed by atoms with Gasteiger partial charge in [-0.3, -0.25) is 38.7 Å². The maximum Gasteiger partial charge on any atom is 0.361 e. The van der Waals surface area contributed by atoms with E-state index < -0.39 is 77.7 Å². The van der Waals surface area contributed by atoms with Crippen molar-refractivity contribution in [1.29, 1.82) is 0 Å². The summed E-state index contributed by atoms with van der Waals surface area (Å²) in [6.45, 7) is 4.98. The number of amides is 2. The molecule has 2 aromatic rings. The minimum absolute atomic E-state index is 0.163. The molecule has 0 unspecified atom stereocenters. The van der Waals surface area contributed by atoms with Gasteiger partial charge in [0.25, 0.3) is 27.4 Å². The highest BCUT2D eigenvalue weighted by atomic mass is 32.2. The summed E-state index contributed by atoms with van der Waals surface area (Å²) in [6, 6.07) is 6.90. The van der Waals surface area contributed by atoms with Crippen LogP contribution in [0.5, 0.6) is 11.5 Å². The Kier molecular flexibility index (Phi) is 9.68. The topological polar surface area (TPSA) is 235 Å². The third kappa shape index (κ3) is 6.64. The summed E-state index contributed by atoms with van der Waals surface area (Å²) in [5.41, 5.74) is -2.12. The molecule has 2 aliphatic heterocycles. The van der Waals surface area contributed by atoms with Gasteiger partial charge in [-0.25, -0.2) is 4.79 Å². The summed E-state index contributed by atoms with van der Waals surface area (Å²) < 4.78 is 54.7. The molecule has 2 aliphatic rings. The van der Waals surface area contributed by atoms with Crippen LogP contribution in [0.1, 0.15) is 44.1 Å². The van der Waals surface area contributed by atoms with Crippen LogP contribution in [-0.4, -0.2) is 81.5 Å². The third-order valence-corrected chi connectivity index (χ3v) is 9.99. The van der Waals surface area contributed by atoms with Gasteiger partial charge in [0.15, 0.2) is 16.7 Å². The highest BCUT2D eigenvalue weighted by molar-refractivity contribution is 8.01. The summed E-state index contributed by atoms with van der Waals surface area (Å²) in [7, 11) is -4.01. The van der Waals surface area contributed by atoms with E-state index in [1.54, 1.807) is 13.8 Å². The van der Waals surface area contributed by atoms with Crippen molar-refractivity contribution in [2.75, 3.05) is 7.11 Å². The lowest BCUT2D eigenvalue weighted by Gasteiger charge is -2.49. The number of ether oxygens (including phenoxy) is 4. The van der Waals surface area contributed by atoms with Gasteiger partial charge in [-0.05, 0) is 49.2 Å². The Morgan fingerprint density at radius 2 is 1.66 bits per heavy atom. The van der Waals surface area contributed by atoms with E-state index in [1.165, 1.54) is 31.4 Å². The molecule has 252 valence electrons. The first-order chi connectivity index (χ1) is 21.8. The summed E-state index contributed by atoms with van der Waals surface area (Å²) in [6.07, 6.45) is 0. The molecule has 0 spiro atoms. The van der Waals surface area contributed by atoms with E-state index >= 15 is 0 Å². The highest BCUT2D eigenvalue weighted by Crippen LogP contribution is 2.57. The van der Waals surface area contributed by atoms with Gasteiger partial charge in [0.05, 0.1) is 9.67 Å². The predicted octanol–water partition coefficient (Wildman–Crippen LogP) is 1.64. The van der Waals surface area contributed by atoms with E-state index in [9.17, 15) is 47.1 Å². The lowest BCUT2D eigenvalue weighted by atomic mass is 9.91. The number of esters is 3. The van der Waals surface area contributed by atoms with Crippen LogP contribution >= 0.6 is 11.8 Å². The summed E-state index contributed by atoms with van der Waals surface area (Å²) in [5, 5.41) is 9.97. The molecule has 4 rings (SSSR count). The molecule has 0 aliphatic carbocycles. The Morgan fingerprint density at radius 3 is 2.19 bits per heavy atom. The van der Waals surface area contributed by atoms with Gasteiger partial charge >= 0.3 is 17.9 Å². The molecular weight excluding hydrogens is 666 g/mol. The van der Waals surface area contributed by atoms with E-state index in [-0.39, 0.29) is 23.6 Å². The quantitative estimate of drug-likeness (QED) is 0.0849. The SMILES string of the molecule is CO[C@@]1(C(=O)OCc2ccc([N+](=O)[O-])cc2)N2C(=O)[C@H](NC(=O)[C@@H](c3ccc(OC(C)=O)c(OC(C)=O)c3)S(=O)(=O)O)[C@H]2SC1(C)C. The first-order valence-electron chi connectivity index (χ1n) is 13.6. The number of methoxy groups -OCH3 is 1. The van der Waals surface area contributed by atoms with Crippen LogP contribution in [0.3, 0.4) is 0 Å². The molecule has 0 bridgehead atoms. The zero-order valence-electron chi connectivity index (χ0n) is 25.4. The van der Waals surface area contributed by atoms with Crippen molar-refractivity contribution in [2.45, 2.75) is 61.4 Å². The Balaban J connectivity index is 1.57. The Bertz CT molecular complexity index is 1760. The van der Waals surface area contributed by atoms with Crippen LogP contribution in [0.4, 0.5) is 5.69 Å². The number of fused-ring (bicyclic) bond motifs is 1. The number of benzene rings is 2. The maximum absolute atomic E-state index is 13.5. The molecule has 4 atom stereocenters. The number of carbonyl (C=O) groups excluding carboxylic acids is 5. The fourth-order valence-electron chi connectivity index (χ4n) is 5.31. The Morgan fingerprint density at radius 1 is 1.06 bits per heavy atom. The van der Waals surface area contributed by atoms with Crippen LogP contribution in [0.2, 0.25) is 0 Å². The summed E-state index contributed by atoms with van der Waals surface area (Å²) in [5.74, 6) is -5.44. The number of nitrogens with one attached hydrogen (secondary N) is 1. The standard InChI is InChI=1S/C28H29N3O14S2/c1-14(32)44-19-11-8-17(12-20(19)45-15(2)33)22(47(39,40)41)23(34)29-21-24(35)30-25(21)46-27(3,4)28(30,42-5)26(36)43-13-16-6-9-18(10-7-16)31(37)38/h6-12,21-22,25H,13H2,1-5H3,(H,29,34)(H,39,40,41)/t21-,22+,25+,28+/m0/s1. The lowest BCUT2D eigenvalue weighted by molar-refractivity contribution is -0.384. The molecule has 19 heteroatoms. The minimum Gasteiger partial charge on any atom is -0.457 e. The maximum atomic E-state index is 13.5. The van der Waals surface area contributed by atoms with Crippen molar-refractivity contribution in [3.63, 3.8) is 0 Å². The summed E-state index contributed by atoms with van der Waals surface area (Å²) >= 11 is 1.06. The van der Waals surface area contributed by atoms with Crippen molar-refractivity contribution in [3.05, 3.63) is 63.7 Å². The Labute approximate surface area is 271 Å². The molecular formula is C28H29N3O14S2. The van der Waals surface area contributed by atoms with E-state index in [2.05, 4.69) is 5.32 Å².